The van der Waals surface area contributed by atoms with Crippen LogP contribution in [0.15, 0.2) is 47.5 Å². The number of hydrogen-bond donors (Lipinski definition) is 1. The fraction of sp³-hybridized carbons (Fsp3) is 0.444. The molecule has 2 heterocycles. The van der Waals surface area contributed by atoms with E-state index in [-0.39, 0.29) is 23.3 Å². The Bertz CT molecular complexity index is 848. The minimum Gasteiger partial charge on any atom is -0.311 e. The van der Waals surface area contributed by atoms with Crippen molar-refractivity contribution in [3.63, 3.8) is 0 Å². The predicted octanol–water partition coefficient (Wildman–Crippen LogP) is 2.33. The van der Waals surface area contributed by atoms with Crippen molar-refractivity contribution in [2.45, 2.75) is 37.6 Å². The van der Waals surface area contributed by atoms with Crippen LogP contribution in [0.2, 0.25) is 0 Å². The quantitative estimate of drug-likeness (QED) is 0.839. The van der Waals surface area contributed by atoms with E-state index in [9.17, 15) is 13.2 Å². The van der Waals surface area contributed by atoms with Gasteiger partial charge in [-0.05, 0) is 31.4 Å². The molecule has 1 atom stereocenters. The highest BCUT2D eigenvalue weighted by atomic mass is 32.2. The molecule has 1 aromatic heterocycles. The summed E-state index contributed by atoms with van der Waals surface area (Å²) in [6, 6.07) is 10.1. The van der Waals surface area contributed by atoms with Crippen molar-refractivity contribution < 1.29 is 13.2 Å². The molecule has 0 radical (unpaired) electrons. The van der Waals surface area contributed by atoms with E-state index in [0.29, 0.717) is 25.2 Å². The summed E-state index contributed by atoms with van der Waals surface area (Å²) in [5, 5.41) is 7.09. The van der Waals surface area contributed by atoms with Crippen LogP contribution >= 0.6 is 0 Å². The van der Waals surface area contributed by atoms with Crippen LogP contribution in [0.5, 0.6) is 0 Å². The lowest BCUT2D eigenvalue weighted by Gasteiger charge is -2.31. The SMILES string of the molecule is CCCn1nccc1NC(=O)C1CCCN(S(=O)(=O)c2ccccc2)C1. The maximum atomic E-state index is 12.8. The lowest BCUT2D eigenvalue weighted by molar-refractivity contribution is -0.120. The van der Waals surface area contributed by atoms with E-state index in [2.05, 4.69) is 10.4 Å². The zero-order valence-electron chi connectivity index (χ0n) is 14.8. The zero-order chi connectivity index (χ0) is 18.6. The van der Waals surface area contributed by atoms with Crippen molar-refractivity contribution in [3.8, 4) is 0 Å². The van der Waals surface area contributed by atoms with Crippen LogP contribution in [0.4, 0.5) is 5.82 Å². The van der Waals surface area contributed by atoms with Gasteiger partial charge < -0.3 is 5.32 Å². The van der Waals surface area contributed by atoms with Crippen molar-refractivity contribution in [2.24, 2.45) is 5.92 Å². The molecule has 8 heteroatoms. The molecule has 0 spiro atoms. The largest absolute Gasteiger partial charge is 0.311 e. The van der Waals surface area contributed by atoms with Crippen LogP contribution < -0.4 is 5.32 Å². The van der Waals surface area contributed by atoms with E-state index in [1.807, 2.05) is 6.92 Å². The molecule has 1 aromatic carbocycles. The fourth-order valence-electron chi connectivity index (χ4n) is 3.17. The fourth-order valence-corrected chi connectivity index (χ4v) is 4.72. The number of benzene rings is 1. The van der Waals surface area contributed by atoms with Crippen LogP contribution in [0, 0.1) is 5.92 Å². The Morgan fingerprint density at radius 3 is 2.77 bits per heavy atom. The Labute approximate surface area is 154 Å². The molecule has 0 bridgehead atoms. The first-order chi connectivity index (χ1) is 12.5. The van der Waals surface area contributed by atoms with Crippen LogP contribution in [-0.2, 0) is 21.4 Å². The number of aromatic nitrogens is 2. The lowest BCUT2D eigenvalue weighted by Crippen LogP contribution is -2.43. The molecule has 140 valence electrons. The maximum Gasteiger partial charge on any atom is 0.243 e. The maximum absolute atomic E-state index is 12.8. The van der Waals surface area contributed by atoms with Gasteiger partial charge in [0.25, 0.3) is 0 Å². The summed E-state index contributed by atoms with van der Waals surface area (Å²) in [6.07, 6.45) is 3.91. The first-order valence-corrected chi connectivity index (χ1v) is 10.3. The van der Waals surface area contributed by atoms with Gasteiger partial charge in [0.1, 0.15) is 5.82 Å². The summed E-state index contributed by atoms with van der Waals surface area (Å²) in [5.74, 6) is 0.128. The van der Waals surface area contributed by atoms with Crippen LogP contribution in [0.1, 0.15) is 26.2 Å². The summed E-state index contributed by atoms with van der Waals surface area (Å²) in [7, 11) is -3.57. The summed E-state index contributed by atoms with van der Waals surface area (Å²) < 4.78 is 28.7. The molecule has 0 saturated carbocycles. The minimum atomic E-state index is -3.57. The number of hydrogen-bond acceptors (Lipinski definition) is 4. The second-order valence-electron chi connectivity index (χ2n) is 6.44. The van der Waals surface area contributed by atoms with Gasteiger partial charge >= 0.3 is 0 Å². The van der Waals surface area contributed by atoms with Gasteiger partial charge in [0.05, 0.1) is 17.0 Å². The monoisotopic (exact) mass is 376 g/mol. The van der Waals surface area contributed by atoms with Crippen molar-refractivity contribution in [3.05, 3.63) is 42.6 Å². The Morgan fingerprint density at radius 1 is 1.27 bits per heavy atom. The molecule has 1 fully saturated rings. The standard InChI is InChI=1S/C18H24N4O3S/c1-2-12-22-17(10-11-19-22)20-18(23)15-7-6-13-21(14-15)26(24,25)16-8-4-3-5-9-16/h3-5,8-11,15H,2,6-7,12-14H2,1H3,(H,20,23). The number of carbonyl (C=O) groups excluding carboxylic acids is 1. The van der Waals surface area contributed by atoms with Crippen LogP contribution in [0.25, 0.3) is 0 Å². The van der Waals surface area contributed by atoms with Gasteiger partial charge in [0.2, 0.25) is 15.9 Å². The van der Waals surface area contributed by atoms with Crippen molar-refractivity contribution in [1.29, 1.82) is 0 Å². The van der Waals surface area contributed by atoms with Gasteiger partial charge in [-0.3, -0.25) is 4.79 Å². The summed E-state index contributed by atoms with van der Waals surface area (Å²) in [4.78, 5) is 12.9. The topological polar surface area (TPSA) is 84.3 Å². The molecular weight excluding hydrogens is 352 g/mol. The third-order valence-corrected chi connectivity index (χ3v) is 6.42. The zero-order valence-corrected chi connectivity index (χ0v) is 15.7. The Morgan fingerprint density at radius 2 is 2.04 bits per heavy atom. The third-order valence-electron chi connectivity index (χ3n) is 4.54. The average Bonchev–Trinajstić information content (AvgIpc) is 3.09. The Kier molecular flexibility index (Phi) is 5.73. The Balaban J connectivity index is 1.70. The minimum absolute atomic E-state index is 0.157. The van der Waals surface area contributed by atoms with E-state index in [1.165, 1.54) is 4.31 Å². The molecule has 26 heavy (non-hydrogen) atoms. The second kappa shape index (κ2) is 8.01. The number of sulfonamides is 1. The molecule has 1 aliphatic rings. The van der Waals surface area contributed by atoms with Crippen molar-refractivity contribution in [2.75, 3.05) is 18.4 Å². The average molecular weight is 376 g/mol. The third kappa shape index (κ3) is 3.96. The number of nitrogens with one attached hydrogen (secondary N) is 1. The van der Waals surface area contributed by atoms with E-state index in [4.69, 9.17) is 0 Å². The second-order valence-corrected chi connectivity index (χ2v) is 8.38. The predicted molar refractivity (Wildman–Crippen MR) is 99.1 cm³/mol. The van der Waals surface area contributed by atoms with Crippen molar-refractivity contribution >= 4 is 21.7 Å². The normalized spacial score (nSPS) is 18.6. The molecule has 1 unspecified atom stereocenters. The molecule has 1 amide bonds. The molecule has 7 nitrogen and oxygen atoms in total. The first kappa shape index (κ1) is 18.6. The van der Waals surface area contributed by atoms with E-state index in [0.717, 1.165) is 13.0 Å². The van der Waals surface area contributed by atoms with Gasteiger partial charge in [-0.1, -0.05) is 25.1 Å². The lowest BCUT2D eigenvalue weighted by atomic mass is 9.99. The molecule has 2 aromatic rings. The van der Waals surface area contributed by atoms with Gasteiger partial charge in [-0.25, -0.2) is 13.1 Å². The van der Waals surface area contributed by atoms with Crippen molar-refractivity contribution in [1.82, 2.24) is 14.1 Å². The van der Waals surface area contributed by atoms with Crippen LogP contribution in [-0.4, -0.2) is 41.5 Å². The summed E-state index contributed by atoms with van der Waals surface area (Å²) in [5.41, 5.74) is 0. The highest BCUT2D eigenvalue weighted by molar-refractivity contribution is 7.89. The smallest absolute Gasteiger partial charge is 0.243 e. The number of carbonyl (C=O) groups is 1. The van der Waals surface area contributed by atoms with Gasteiger partial charge in [-0.15, -0.1) is 0 Å². The molecular formula is C18H24N4O3S. The summed E-state index contributed by atoms with van der Waals surface area (Å²) in [6.45, 7) is 3.41. The van der Waals surface area contributed by atoms with Gasteiger partial charge in [-0.2, -0.15) is 9.40 Å². The van der Waals surface area contributed by atoms with E-state index >= 15 is 0 Å². The molecule has 1 aliphatic heterocycles. The Hall–Kier alpha value is -2.19. The molecule has 1 N–H and O–H groups in total. The first-order valence-electron chi connectivity index (χ1n) is 8.90. The van der Waals surface area contributed by atoms with E-state index in [1.54, 1.807) is 47.3 Å². The van der Waals surface area contributed by atoms with Gasteiger partial charge in [0.15, 0.2) is 0 Å². The molecule has 0 aliphatic carbocycles. The highest BCUT2D eigenvalue weighted by Crippen LogP contribution is 2.24. The molecule has 3 rings (SSSR count). The van der Waals surface area contributed by atoms with Crippen LogP contribution in [0.3, 0.4) is 0 Å². The summed E-state index contributed by atoms with van der Waals surface area (Å²) >= 11 is 0. The number of nitrogens with zero attached hydrogens (tertiary/aromatic N) is 3. The highest BCUT2D eigenvalue weighted by Gasteiger charge is 2.33. The van der Waals surface area contributed by atoms with E-state index < -0.39 is 10.0 Å². The number of rotatable bonds is 6. The number of aryl methyl sites for hydroxylation is 1. The van der Waals surface area contributed by atoms with Gasteiger partial charge in [0, 0.05) is 25.7 Å². The number of anilines is 1. The molecule has 1 saturated heterocycles. The number of amides is 1. The number of piperidine rings is 1.